The third kappa shape index (κ3) is 4.12. The molecule has 3 aromatic carbocycles. The molecule has 4 rings (SSSR count). The van der Waals surface area contributed by atoms with Crippen molar-refractivity contribution in [1.29, 1.82) is 0 Å². The second-order valence-corrected chi connectivity index (χ2v) is 10.9. The first-order valence-corrected chi connectivity index (χ1v) is 12.4. The van der Waals surface area contributed by atoms with E-state index in [4.69, 9.17) is 4.74 Å². The van der Waals surface area contributed by atoms with Crippen LogP contribution in [0.3, 0.4) is 0 Å². The van der Waals surface area contributed by atoms with E-state index in [-0.39, 0.29) is 11.8 Å². The lowest BCUT2D eigenvalue weighted by molar-refractivity contribution is 0.0422. The van der Waals surface area contributed by atoms with Crippen molar-refractivity contribution in [2.45, 2.75) is 38.0 Å². The van der Waals surface area contributed by atoms with Gasteiger partial charge in [0.25, 0.3) is 10.0 Å². The highest BCUT2D eigenvalue weighted by atomic mass is 32.2. The van der Waals surface area contributed by atoms with Crippen LogP contribution in [0.5, 0.6) is 0 Å². The number of halogens is 1. The van der Waals surface area contributed by atoms with Crippen LogP contribution in [0.1, 0.15) is 38.8 Å². The van der Waals surface area contributed by atoms with Gasteiger partial charge in [0.1, 0.15) is 11.4 Å². The molecule has 0 radical (unpaired) electrons. The number of allylic oxidation sites excluding steroid dienone is 1. The molecule has 0 aliphatic carbocycles. The minimum atomic E-state index is -4.03. The fourth-order valence-corrected chi connectivity index (χ4v) is 5.65. The summed E-state index contributed by atoms with van der Waals surface area (Å²) in [5.74, 6) is -0.371. The van der Waals surface area contributed by atoms with Gasteiger partial charge in [-0.05, 0) is 56.0 Å². The molecular formula is C27H27FN2O3S. The molecule has 0 bridgehead atoms. The molecule has 0 fully saturated rings. The maximum Gasteiger partial charge on any atom is 0.305 e. The van der Waals surface area contributed by atoms with Gasteiger partial charge < -0.3 is 10.1 Å². The zero-order chi connectivity index (χ0) is 24.6. The van der Waals surface area contributed by atoms with Crippen molar-refractivity contribution in [1.82, 2.24) is 5.32 Å². The lowest BCUT2D eigenvalue weighted by atomic mass is 9.84. The molecule has 1 N–H and O–H groups in total. The summed E-state index contributed by atoms with van der Waals surface area (Å²) >= 11 is 0. The minimum absolute atomic E-state index is 0.154. The van der Waals surface area contributed by atoms with E-state index in [0.29, 0.717) is 16.7 Å². The van der Waals surface area contributed by atoms with Gasteiger partial charge in [0.05, 0.1) is 0 Å². The first-order valence-electron chi connectivity index (χ1n) is 10.9. The predicted octanol–water partition coefficient (Wildman–Crippen LogP) is 5.85. The molecule has 0 saturated heterocycles. The maximum absolute atomic E-state index is 14.1. The van der Waals surface area contributed by atoms with Crippen LogP contribution in [-0.4, -0.2) is 20.0 Å². The van der Waals surface area contributed by atoms with Crippen molar-refractivity contribution in [3.05, 3.63) is 102 Å². The van der Waals surface area contributed by atoms with E-state index >= 15 is 0 Å². The Hall–Kier alpha value is -3.45. The molecule has 1 atom stereocenters. The highest BCUT2D eigenvalue weighted by molar-refractivity contribution is 7.91. The number of hydrogen-bond acceptors (Lipinski definition) is 4. The van der Waals surface area contributed by atoms with Crippen molar-refractivity contribution in [2.24, 2.45) is 4.40 Å². The number of amidine groups is 1. The fourth-order valence-electron chi connectivity index (χ4n) is 4.06. The van der Waals surface area contributed by atoms with Crippen LogP contribution < -0.4 is 5.32 Å². The molecule has 0 saturated carbocycles. The lowest BCUT2D eigenvalue weighted by Gasteiger charge is -2.44. The Kier molecular flexibility index (Phi) is 6.08. The van der Waals surface area contributed by atoms with E-state index in [1.54, 1.807) is 58.0 Å². The number of benzene rings is 3. The summed E-state index contributed by atoms with van der Waals surface area (Å²) in [6.45, 7) is 6.78. The van der Waals surface area contributed by atoms with Gasteiger partial charge in [-0.25, -0.2) is 12.8 Å². The molecule has 0 spiro atoms. The molecule has 1 heterocycles. The highest BCUT2D eigenvalue weighted by Gasteiger charge is 2.58. The second kappa shape index (κ2) is 8.72. The quantitative estimate of drug-likeness (QED) is 0.511. The van der Waals surface area contributed by atoms with Gasteiger partial charge in [0, 0.05) is 11.8 Å². The summed E-state index contributed by atoms with van der Waals surface area (Å²) < 4.78 is 49.5. The third-order valence-corrected chi connectivity index (χ3v) is 8.64. The number of hydrogen-bond donors (Lipinski definition) is 1. The van der Waals surface area contributed by atoms with E-state index in [1.165, 1.54) is 12.3 Å². The molecule has 1 unspecified atom stereocenters. The Balaban J connectivity index is 1.65. The minimum Gasteiger partial charge on any atom is -0.456 e. The van der Waals surface area contributed by atoms with Crippen LogP contribution in [0.25, 0.3) is 16.7 Å². The molecule has 7 heteroatoms. The summed E-state index contributed by atoms with van der Waals surface area (Å²) in [5, 5.41) is 2.80. The zero-order valence-corrected chi connectivity index (χ0v) is 20.4. The van der Waals surface area contributed by atoms with Crippen LogP contribution in [0.15, 0.2) is 89.5 Å². The second-order valence-electron chi connectivity index (χ2n) is 8.91. The summed E-state index contributed by atoms with van der Waals surface area (Å²) in [6, 6.07) is 23.5. The van der Waals surface area contributed by atoms with Crippen molar-refractivity contribution in [3.63, 3.8) is 0 Å². The molecule has 176 valence electrons. The van der Waals surface area contributed by atoms with Crippen LogP contribution in [0.4, 0.5) is 4.39 Å². The Morgan fingerprint density at radius 1 is 0.912 bits per heavy atom. The summed E-state index contributed by atoms with van der Waals surface area (Å²) in [7, 11) is -4.03. The summed E-state index contributed by atoms with van der Waals surface area (Å²) in [6.07, 6.45) is 1.49. The molecule has 0 amide bonds. The van der Waals surface area contributed by atoms with Crippen LogP contribution >= 0.6 is 0 Å². The zero-order valence-electron chi connectivity index (χ0n) is 19.5. The molecule has 3 aromatic rings. The van der Waals surface area contributed by atoms with E-state index in [2.05, 4.69) is 9.71 Å². The lowest BCUT2D eigenvalue weighted by Crippen LogP contribution is -2.57. The van der Waals surface area contributed by atoms with Gasteiger partial charge in [-0.3, -0.25) is 0 Å². The SMILES string of the molecule is C/C(=C/NC1=NS(=O)(=O)C(C)(c2ccc(-c3ccccc3)cc2)C(C)(C)O1)c1ccccc1F. The van der Waals surface area contributed by atoms with Crippen molar-refractivity contribution >= 4 is 21.6 Å². The number of nitrogens with zero attached hydrogens (tertiary/aromatic N) is 1. The predicted molar refractivity (Wildman–Crippen MR) is 134 cm³/mol. The molecule has 5 nitrogen and oxygen atoms in total. The van der Waals surface area contributed by atoms with Crippen molar-refractivity contribution in [3.8, 4) is 11.1 Å². The van der Waals surface area contributed by atoms with Gasteiger partial charge in [0.15, 0.2) is 4.75 Å². The van der Waals surface area contributed by atoms with Gasteiger partial charge in [0.2, 0.25) is 0 Å². The average molecular weight is 479 g/mol. The summed E-state index contributed by atoms with van der Waals surface area (Å²) in [4.78, 5) is 0. The molecular weight excluding hydrogens is 451 g/mol. The number of sulfonamides is 1. The highest BCUT2D eigenvalue weighted by Crippen LogP contribution is 2.46. The number of nitrogens with one attached hydrogen (secondary N) is 1. The fraction of sp³-hybridized carbons (Fsp3) is 0.222. The van der Waals surface area contributed by atoms with Crippen LogP contribution in [0.2, 0.25) is 0 Å². The Morgan fingerprint density at radius 3 is 2.12 bits per heavy atom. The first kappa shape index (κ1) is 23.7. The van der Waals surface area contributed by atoms with E-state index in [9.17, 15) is 12.8 Å². The smallest absolute Gasteiger partial charge is 0.305 e. The topological polar surface area (TPSA) is 67.8 Å². The van der Waals surface area contributed by atoms with Gasteiger partial charge in [-0.2, -0.15) is 0 Å². The largest absolute Gasteiger partial charge is 0.456 e. The molecule has 1 aliphatic rings. The molecule has 34 heavy (non-hydrogen) atoms. The van der Waals surface area contributed by atoms with Gasteiger partial charge in [-0.1, -0.05) is 72.8 Å². The van der Waals surface area contributed by atoms with E-state index in [1.807, 2.05) is 42.5 Å². The standard InChI is InChI=1S/C27H27FN2O3S/c1-19(23-12-8-9-13-24(23)28)18-29-25-30-34(31,32)27(4,26(2,3)33-25)22-16-14-21(15-17-22)20-10-6-5-7-11-20/h5-18H,1-4H3,(H,29,30)/b19-18-. The van der Waals surface area contributed by atoms with Gasteiger partial charge in [-0.15, -0.1) is 4.40 Å². The molecule has 0 aromatic heterocycles. The normalized spacial score (nSPS) is 21.3. The van der Waals surface area contributed by atoms with E-state index < -0.39 is 20.4 Å². The van der Waals surface area contributed by atoms with Crippen LogP contribution in [-0.2, 0) is 19.5 Å². The monoisotopic (exact) mass is 478 g/mol. The Morgan fingerprint density at radius 2 is 1.50 bits per heavy atom. The third-order valence-electron chi connectivity index (χ3n) is 6.47. The number of ether oxygens (including phenoxy) is 1. The van der Waals surface area contributed by atoms with Crippen molar-refractivity contribution in [2.75, 3.05) is 0 Å². The van der Waals surface area contributed by atoms with Gasteiger partial charge >= 0.3 is 6.02 Å². The first-order chi connectivity index (χ1) is 16.0. The Bertz CT molecular complexity index is 1360. The summed E-state index contributed by atoms with van der Waals surface area (Å²) in [5.41, 5.74) is 2.44. The molecule has 1 aliphatic heterocycles. The maximum atomic E-state index is 14.1. The average Bonchev–Trinajstić information content (AvgIpc) is 2.81. The van der Waals surface area contributed by atoms with E-state index in [0.717, 1.165) is 11.1 Å². The Labute approximate surface area is 200 Å². The number of rotatable bonds is 4. The van der Waals surface area contributed by atoms with Crippen molar-refractivity contribution < 1.29 is 17.5 Å². The van der Waals surface area contributed by atoms with Crippen LogP contribution in [0, 0.1) is 5.82 Å².